The molecule has 0 saturated heterocycles. The van der Waals surface area contributed by atoms with Crippen LogP contribution in [0.2, 0.25) is 0 Å². The van der Waals surface area contributed by atoms with Crippen molar-refractivity contribution >= 4 is 11.8 Å². The first-order chi connectivity index (χ1) is 15.2. The molecule has 1 aromatic heterocycles. The predicted molar refractivity (Wildman–Crippen MR) is 118 cm³/mol. The van der Waals surface area contributed by atoms with E-state index in [0.29, 0.717) is 24.6 Å². The van der Waals surface area contributed by atoms with E-state index in [1.807, 2.05) is 35.2 Å². The molecular formula is C25H33N3O3. The molecule has 2 fully saturated rings. The van der Waals surface area contributed by atoms with Gasteiger partial charge in [0, 0.05) is 12.1 Å². The summed E-state index contributed by atoms with van der Waals surface area (Å²) in [4.78, 5) is 32.1. The number of aromatic nitrogens is 1. The van der Waals surface area contributed by atoms with Gasteiger partial charge in [-0.15, -0.1) is 0 Å². The molecule has 2 aliphatic rings. The van der Waals surface area contributed by atoms with Crippen LogP contribution < -0.4 is 5.32 Å². The molecule has 0 atom stereocenters. The number of benzene rings is 1. The van der Waals surface area contributed by atoms with Crippen molar-refractivity contribution in [2.75, 3.05) is 0 Å². The van der Waals surface area contributed by atoms with Gasteiger partial charge in [-0.2, -0.15) is 0 Å². The van der Waals surface area contributed by atoms with Crippen LogP contribution >= 0.6 is 0 Å². The Morgan fingerprint density at radius 2 is 1.65 bits per heavy atom. The minimum absolute atomic E-state index is 0.0875. The molecule has 0 unspecified atom stereocenters. The minimum atomic E-state index is -0.179. The quantitative estimate of drug-likeness (QED) is 0.704. The lowest BCUT2D eigenvalue weighted by molar-refractivity contribution is -0.134. The molecule has 0 spiro atoms. The van der Waals surface area contributed by atoms with E-state index < -0.39 is 0 Å². The molecule has 1 N–H and O–H groups in total. The first-order valence-electron chi connectivity index (χ1n) is 11.8. The van der Waals surface area contributed by atoms with Crippen LogP contribution in [0.5, 0.6) is 0 Å². The summed E-state index contributed by atoms with van der Waals surface area (Å²) < 4.78 is 5.63. The summed E-state index contributed by atoms with van der Waals surface area (Å²) in [7, 11) is 0. The molecule has 31 heavy (non-hydrogen) atoms. The molecule has 6 nitrogen and oxygen atoms in total. The van der Waals surface area contributed by atoms with Gasteiger partial charge < -0.3 is 14.6 Å². The van der Waals surface area contributed by atoms with E-state index in [-0.39, 0.29) is 23.9 Å². The van der Waals surface area contributed by atoms with Crippen molar-refractivity contribution in [2.24, 2.45) is 0 Å². The van der Waals surface area contributed by atoms with Crippen LogP contribution in [0.15, 0.2) is 41.0 Å². The topological polar surface area (TPSA) is 75.4 Å². The molecule has 2 aliphatic carbocycles. The highest BCUT2D eigenvalue weighted by Crippen LogP contribution is 2.25. The second-order valence-corrected chi connectivity index (χ2v) is 8.91. The summed E-state index contributed by atoms with van der Waals surface area (Å²) in [5.41, 5.74) is 1.31. The van der Waals surface area contributed by atoms with Gasteiger partial charge in [0.25, 0.3) is 5.91 Å². The lowest BCUT2D eigenvalue weighted by atomic mass is 9.93. The second-order valence-electron chi connectivity index (χ2n) is 8.91. The number of nitrogens with zero attached hydrogens (tertiary/aromatic N) is 2. The van der Waals surface area contributed by atoms with Crippen LogP contribution in [-0.4, -0.2) is 33.8 Å². The van der Waals surface area contributed by atoms with Crippen LogP contribution in [0.25, 0.3) is 0 Å². The number of nitrogens with one attached hydrogen (secondary N) is 1. The van der Waals surface area contributed by atoms with Crippen molar-refractivity contribution in [3.05, 3.63) is 53.7 Å². The number of hydrogen-bond donors (Lipinski definition) is 1. The summed E-state index contributed by atoms with van der Waals surface area (Å²) in [6.07, 6.45) is 12.9. The summed E-state index contributed by atoms with van der Waals surface area (Å²) >= 11 is 0. The number of carbonyl (C=O) groups is 2. The zero-order valence-electron chi connectivity index (χ0n) is 18.2. The van der Waals surface area contributed by atoms with Gasteiger partial charge in [-0.1, -0.05) is 68.9 Å². The molecule has 0 radical (unpaired) electrons. The zero-order valence-corrected chi connectivity index (χ0v) is 18.2. The fourth-order valence-electron chi connectivity index (χ4n) is 4.83. The normalized spacial score (nSPS) is 17.9. The number of carbonyl (C=O) groups excluding carboxylic acids is 2. The predicted octanol–water partition coefficient (Wildman–Crippen LogP) is 4.64. The van der Waals surface area contributed by atoms with Crippen molar-refractivity contribution < 1.29 is 14.0 Å². The van der Waals surface area contributed by atoms with Gasteiger partial charge in [-0.3, -0.25) is 9.59 Å². The molecule has 2 saturated carbocycles. The molecule has 2 amide bonds. The van der Waals surface area contributed by atoms with Crippen LogP contribution in [0, 0.1) is 0 Å². The molecule has 1 aromatic carbocycles. The van der Waals surface area contributed by atoms with Crippen molar-refractivity contribution in [1.82, 2.24) is 15.2 Å². The fourth-order valence-corrected chi connectivity index (χ4v) is 4.83. The smallest absolute Gasteiger partial charge is 0.273 e. The van der Waals surface area contributed by atoms with E-state index >= 15 is 0 Å². The molecule has 0 bridgehead atoms. The zero-order chi connectivity index (χ0) is 21.5. The van der Waals surface area contributed by atoms with Crippen LogP contribution in [-0.2, 0) is 17.8 Å². The maximum absolute atomic E-state index is 13.2. The maximum Gasteiger partial charge on any atom is 0.273 e. The van der Waals surface area contributed by atoms with Gasteiger partial charge in [0.1, 0.15) is 6.26 Å². The molecule has 4 rings (SSSR count). The highest BCUT2D eigenvalue weighted by atomic mass is 16.3. The highest BCUT2D eigenvalue weighted by molar-refractivity contribution is 5.92. The second kappa shape index (κ2) is 10.6. The third kappa shape index (κ3) is 5.96. The Kier molecular flexibility index (Phi) is 7.39. The Balaban J connectivity index is 1.42. The average Bonchev–Trinajstić information content (AvgIpc) is 3.28. The Morgan fingerprint density at radius 1 is 0.968 bits per heavy atom. The summed E-state index contributed by atoms with van der Waals surface area (Å²) in [6, 6.07) is 10.3. The van der Waals surface area contributed by atoms with Crippen LogP contribution in [0.3, 0.4) is 0 Å². The monoisotopic (exact) mass is 423 g/mol. The summed E-state index contributed by atoms with van der Waals surface area (Å²) in [5.74, 6) is 0.340. The van der Waals surface area contributed by atoms with Crippen molar-refractivity contribution in [1.29, 1.82) is 0 Å². The standard InChI is InChI=1S/C25H33N3O3/c29-24(16-19-10-4-1-5-11-19)28(21-14-8-3-9-15-21)17-23-27-22(18-31-23)25(30)26-20-12-6-2-7-13-20/h1,4-5,10-11,18,20-21H,2-3,6-9,12-17H2,(H,26,30). The first-order valence-corrected chi connectivity index (χ1v) is 11.8. The number of oxazole rings is 1. The highest BCUT2D eigenvalue weighted by Gasteiger charge is 2.28. The van der Waals surface area contributed by atoms with Gasteiger partial charge in [-0.05, 0) is 31.2 Å². The molecule has 2 aromatic rings. The van der Waals surface area contributed by atoms with E-state index in [1.54, 1.807) is 0 Å². The summed E-state index contributed by atoms with van der Waals surface area (Å²) in [5, 5.41) is 3.08. The lowest BCUT2D eigenvalue weighted by Crippen LogP contribution is -2.42. The van der Waals surface area contributed by atoms with E-state index in [2.05, 4.69) is 10.3 Å². The van der Waals surface area contributed by atoms with E-state index in [0.717, 1.165) is 56.9 Å². The van der Waals surface area contributed by atoms with E-state index in [4.69, 9.17) is 4.42 Å². The molecule has 166 valence electrons. The maximum atomic E-state index is 13.2. The fraction of sp³-hybridized carbons (Fsp3) is 0.560. The van der Waals surface area contributed by atoms with Gasteiger partial charge >= 0.3 is 0 Å². The lowest BCUT2D eigenvalue weighted by Gasteiger charge is -2.33. The summed E-state index contributed by atoms with van der Waals surface area (Å²) in [6.45, 7) is 0.313. The van der Waals surface area contributed by atoms with Gasteiger partial charge in [0.15, 0.2) is 5.69 Å². The van der Waals surface area contributed by atoms with Crippen LogP contribution in [0.4, 0.5) is 0 Å². The number of hydrogen-bond acceptors (Lipinski definition) is 4. The first kappa shape index (κ1) is 21.6. The Morgan fingerprint density at radius 3 is 2.35 bits per heavy atom. The Bertz CT molecular complexity index is 852. The number of rotatable bonds is 7. The van der Waals surface area contributed by atoms with Crippen LogP contribution in [0.1, 0.15) is 86.2 Å². The third-order valence-corrected chi connectivity index (χ3v) is 6.56. The SMILES string of the molecule is O=C(NC1CCCCC1)c1coc(CN(C(=O)Cc2ccccc2)C2CCCCC2)n1. The third-order valence-electron chi connectivity index (χ3n) is 6.56. The van der Waals surface area contributed by atoms with Gasteiger partial charge in [-0.25, -0.2) is 4.98 Å². The molecule has 6 heteroatoms. The van der Waals surface area contributed by atoms with E-state index in [1.165, 1.54) is 19.1 Å². The Labute approximate surface area is 184 Å². The van der Waals surface area contributed by atoms with Crippen molar-refractivity contribution in [2.45, 2.75) is 89.3 Å². The minimum Gasteiger partial charge on any atom is -0.446 e. The largest absolute Gasteiger partial charge is 0.446 e. The molecule has 1 heterocycles. The van der Waals surface area contributed by atoms with Gasteiger partial charge in [0.2, 0.25) is 11.8 Å². The average molecular weight is 424 g/mol. The Hall–Kier alpha value is -2.63. The van der Waals surface area contributed by atoms with Crippen molar-refractivity contribution in [3.8, 4) is 0 Å². The van der Waals surface area contributed by atoms with Gasteiger partial charge in [0.05, 0.1) is 13.0 Å². The number of amides is 2. The van der Waals surface area contributed by atoms with Crippen molar-refractivity contribution in [3.63, 3.8) is 0 Å². The molecular weight excluding hydrogens is 390 g/mol. The molecule has 0 aliphatic heterocycles. The van der Waals surface area contributed by atoms with E-state index in [9.17, 15) is 9.59 Å².